The molecule has 0 aromatic heterocycles. The average Bonchev–Trinajstić information content (AvgIpc) is 2.53. The van der Waals surface area contributed by atoms with Gasteiger partial charge in [0.15, 0.2) is 0 Å². The summed E-state index contributed by atoms with van der Waals surface area (Å²) < 4.78 is 42.3. The molecule has 1 rings (SSSR count). The van der Waals surface area contributed by atoms with Crippen molar-refractivity contribution >= 4 is 11.9 Å². The number of carbonyl (C=O) groups is 2. The number of esters is 1. The zero-order chi connectivity index (χ0) is 18.3. The summed E-state index contributed by atoms with van der Waals surface area (Å²) in [7, 11) is 4.92. The first-order valence-corrected chi connectivity index (χ1v) is 7.33. The Morgan fingerprint density at radius 1 is 1.04 bits per heavy atom. The standard InChI is InChI=1S/C16H21F3N2O3/c1-20(2)10-11-21(9-8-14(22)24-3)15(23)12-4-6-13(7-5-12)16(17,18)19/h4-7H,8-11H2,1-3H3. The van der Waals surface area contributed by atoms with Gasteiger partial charge >= 0.3 is 12.1 Å². The topological polar surface area (TPSA) is 49.9 Å². The molecule has 24 heavy (non-hydrogen) atoms. The number of carbonyl (C=O) groups excluding carboxylic acids is 2. The highest BCUT2D eigenvalue weighted by Gasteiger charge is 2.30. The number of benzene rings is 1. The van der Waals surface area contributed by atoms with Gasteiger partial charge in [-0.25, -0.2) is 0 Å². The lowest BCUT2D eigenvalue weighted by atomic mass is 10.1. The Labute approximate surface area is 139 Å². The van der Waals surface area contributed by atoms with Crippen molar-refractivity contribution in [1.29, 1.82) is 0 Å². The molecule has 0 atom stereocenters. The summed E-state index contributed by atoms with van der Waals surface area (Å²) in [6.45, 7) is 1.05. The van der Waals surface area contributed by atoms with Crippen molar-refractivity contribution in [3.63, 3.8) is 0 Å². The van der Waals surface area contributed by atoms with E-state index in [-0.39, 0.29) is 18.5 Å². The minimum Gasteiger partial charge on any atom is -0.469 e. The normalized spacial score (nSPS) is 11.5. The molecule has 0 bridgehead atoms. The number of hydrogen-bond acceptors (Lipinski definition) is 4. The van der Waals surface area contributed by atoms with Gasteiger partial charge in [-0.3, -0.25) is 9.59 Å². The molecule has 8 heteroatoms. The molecule has 0 fully saturated rings. The zero-order valence-corrected chi connectivity index (χ0v) is 13.9. The molecule has 0 N–H and O–H groups in total. The third-order valence-corrected chi connectivity index (χ3v) is 3.38. The van der Waals surface area contributed by atoms with Crippen LogP contribution < -0.4 is 0 Å². The molecule has 0 aliphatic carbocycles. The van der Waals surface area contributed by atoms with Gasteiger partial charge in [0.25, 0.3) is 5.91 Å². The quantitative estimate of drug-likeness (QED) is 0.711. The number of halogens is 3. The Hall–Kier alpha value is -2.09. The summed E-state index contributed by atoms with van der Waals surface area (Å²) in [5.41, 5.74) is -0.667. The van der Waals surface area contributed by atoms with E-state index in [4.69, 9.17) is 0 Å². The van der Waals surface area contributed by atoms with Crippen LogP contribution in [-0.4, -0.2) is 62.5 Å². The smallest absolute Gasteiger partial charge is 0.416 e. The largest absolute Gasteiger partial charge is 0.469 e. The highest BCUT2D eigenvalue weighted by Crippen LogP contribution is 2.29. The lowest BCUT2D eigenvalue weighted by Crippen LogP contribution is -2.38. The number of ether oxygens (including phenoxy) is 1. The molecular weight excluding hydrogens is 325 g/mol. The van der Waals surface area contributed by atoms with Crippen LogP contribution in [0.1, 0.15) is 22.3 Å². The van der Waals surface area contributed by atoms with Crippen LogP contribution in [0.4, 0.5) is 13.2 Å². The van der Waals surface area contributed by atoms with Crippen LogP contribution in [0.5, 0.6) is 0 Å². The Morgan fingerprint density at radius 3 is 2.08 bits per heavy atom. The third kappa shape index (κ3) is 6.19. The van der Waals surface area contributed by atoms with E-state index in [1.54, 1.807) is 0 Å². The Bertz CT molecular complexity index is 557. The van der Waals surface area contributed by atoms with E-state index >= 15 is 0 Å². The van der Waals surface area contributed by atoms with Crippen molar-refractivity contribution in [2.24, 2.45) is 0 Å². The van der Waals surface area contributed by atoms with Gasteiger partial charge in [0.1, 0.15) is 0 Å². The van der Waals surface area contributed by atoms with Crippen LogP contribution in [-0.2, 0) is 15.7 Å². The Balaban J connectivity index is 2.86. The predicted octanol–water partition coefficient (Wildman–Crippen LogP) is 2.27. The highest BCUT2D eigenvalue weighted by atomic mass is 19.4. The fraction of sp³-hybridized carbons (Fsp3) is 0.500. The van der Waals surface area contributed by atoms with Gasteiger partial charge in [-0.2, -0.15) is 13.2 Å². The SMILES string of the molecule is COC(=O)CCN(CCN(C)C)C(=O)c1ccc(C(F)(F)F)cc1. The van der Waals surface area contributed by atoms with Crippen LogP contribution >= 0.6 is 0 Å². The second-order valence-electron chi connectivity index (χ2n) is 5.50. The molecule has 0 unspecified atom stereocenters. The second-order valence-corrected chi connectivity index (χ2v) is 5.50. The summed E-state index contributed by atoms with van der Waals surface area (Å²) in [6.07, 6.45) is -4.42. The minimum absolute atomic E-state index is 0.0241. The molecular formula is C16H21F3N2O3. The first kappa shape index (κ1) is 20.0. The fourth-order valence-corrected chi connectivity index (χ4v) is 1.95. The Morgan fingerprint density at radius 2 is 1.62 bits per heavy atom. The van der Waals surface area contributed by atoms with E-state index in [0.717, 1.165) is 24.3 Å². The maximum atomic E-state index is 12.6. The van der Waals surface area contributed by atoms with Crippen molar-refractivity contribution < 1.29 is 27.5 Å². The monoisotopic (exact) mass is 346 g/mol. The summed E-state index contributed by atoms with van der Waals surface area (Å²) in [5.74, 6) is -0.875. The highest BCUT2D eigenvalue weighted by molar-refractivity contribution is 5.94. The van der Waals surface area contributed by atoms with Gasteiger partial charge < -0.3 is 14.5 Å². The fourth-order valence-electron chi connectivity index (χ4n) is 1.95. The van der Waals surface area contributed by atoms with E-state index < -0.39 is 23.6 Å². The Kier molecular flexibility index (Phi) is 7.21. The summed E-state index contributed by atoms with van der Waals surface area (Å²) in [6, 6.07) is 4.03. The minimum atomic E-state index is -4.45. The maximum absolute atomic E-state index is 12.6. The summed E-state index contributed by atoms with van der Waals surface area (Å²) in [5, 5.41) is 0. The first-order chi connectivity index (χ1) is 11.1. The van der Waals surface area contributed by atoms with Crippen LogP contribution in [0.25, 0.3) is 0 Å². The molecule has 0 aliphatic heterocycles. The number of nitrogens with zero attached hydrogens (tertiary/aromatic N) is 2. The average molecular weight is 346 g/mol. The molecule has 134 valence electrons. The molecule has 0 radical (unpaired) electrons. The number of alkyl halides is 3. The number of likely N-dealkylation sites (N-methyl/N-ethyl adjacent to an activating group) is 1. The van der Waals surface area contributed by atoms with E-state index in [0.29, 0.717) is 13.1 Å². The van der Waals surface area contributed by atoms with E-state index in [1.807, 2.05) is 19.0 Å². The number of hydrogen-bond donors (Lipinski definition) is 0. The van der Waals surface area contributed by atoms with Gasteiger partial charge in [0.05, 0.1) is 19.1 Å². The lowest BCUT2D eigenvalue weighted by Gasteiger charge is -2.24. The van der Waals surface area contributed by atoms with Crippen molar-refractivity contribution in [2.45, 2.75) is 12.6 Å². The molecule has 0 aliphatic rings. The molecule has 0 spiro atoms. The van der Waals surface area contributed by atoms with Gasteiger partial charge in [0.2, 0.25) is 0 Å². The van der Waals surface area contributed by atoms with Crippen molar-refractivity contribution in [3.05, 3.63) is 35.4 Å². The van der Waals surface area contributed by atoms with Crippen molar-refractivity contribution in [3.8, 4) is 0 Å². The van der Waals surface area contributed by atoms with E-state index in [2.05, 4.69) is 4.74 Å². The third-order valence-electron chi connectivity index (χ3n) is 3.38. The lowest BCUT2D eigenvalue weighted by molar-refractivity contribution is -0.141. The van der Waals surface area contributed by atoms with Crippen molar-refractivity contribution in [2.75, 3.05) is 40.8 Å². The van der Waals surface area contributed by atoms with Crippen LogP contribution in [0, 0.1) is 0 Å². The van der Waals surface area contributed by atoms with Gasteiger partial charge in [-0.05, 0) is 38.4 Å². The van der Waals surface area contributed by atoms with E-state index in [9.17, 15) is 22.8 Å². The van der Waals surface area contributed by atoms with Gasteiger partial charge in [-0.1, -0.05) is 0 Å². The van der Waals surface area contributed by atoms with Crippen LogP contribution in [0.3, 0.4) is 0 Å². The van der Waals surface area contributed by atoms with Crippen LogP contribution in [0.2, 0.25) is 0 Å². The molecule has 1 aromatic rings. The van der Waals surface area contributed by atoms with Crippen molar-refractivity contribution in [1.82, 2.24) is 9.80 Å². The molecule has 1 amide bonds. The second kappa shape index (κ2) is 8.68. The number of amides is 1. The molecule has 0 saturated carbocycles. The number of methoxy groups -OCH3 is 1. The van der Waals surface area contributed by atoms with Gasteiger partial charge in [0, 0.05) is 25.2 Å². The van der Waals surface area contributed by atoms with E-state index in [1.165, 1.54) is 12.0 Å². The zero-order valence-electron chi connectivity index (χ0n) is 13.9. The number of rotatable bonds is 7. The molecule has 5 nitrogen and oxygen atoms in total. The summed E-state index contributed by atoms with van der Waals surface area (Å²) >= 11 is 0. The predicted molar refractivity (Wildman–Crippen MR) is 82.5 cm³/mol. The van der Waals surface area contributed by atoms with Gasteiger partial charge in [-0.15, -0.1) is 0 Å². The molecule has 0 saturated heterocycles. The van der Waals surface area contributed by atoms with Crippen LogP contribution in [0.15, 0.2) is 24.3 Å². The maximum Gasteiger partial charge on any atom is 0.416 e. The molecule has 0 heterocycles. The first-order valence-electron chi connectivity index (χ1n) is 7.33. The summed E-state index contributed by atoms with van der Waals surface area (Å²) in [4.78, 5) is 27.1. The molecule has 1 aromatic carbocycles.